The zero-order valence-corrected chi connectivity index (χ0v) is 23.8. The van der Waals surface area contributed by atoms with Crippen LogP contribution in [0.4, 0.5) is 11.4 Å². The van der Waals surface area contributed by atoms with E-state index in [0.29, 0.717) is 23.5 Å². The van der Waals surface area contributed by atoms with Crippen LogP contribution >= 0.6 is 11.6 Å². The lowest BCUT2D eigenvalue weighted by Crippen LogP contribution is -2.38. The molecule has 0 spiro atoms. The van der Waals surface area contributed by atoms with E-state index in [4.69, 9.17) is 22.3 Å². The molecule has 4 rings (SSSR count). The first kappa shape index (κ1) is 32.1. The van der Waals surface area contributed by atoms with E-state index < -0.39 is 5.56 Å². The first-order chi connectivity index (χ1) is 18.0. The number of benzene rings is 1. The first-order valence-corrected chi connectivity index (χ1v) is 13.7. The lowest BCUT2D eigenvalue weighted by molar-refractivity contribution is -0.102. The van der Waals surface area contributed by atoms with Crippen molar-refractivity contribution in [3.63, 3.8) is 0 Å². The standard InChI is InChI=1S/C21H25ClN6O3.3C2H6/c22-16-7-8-24-20(29)18(16)19(23)25-14-5-6-17-15(13-14)21(30)28(31-26-17)12-4-3-11-27-9-1-2-10-27;3*1-2/h5-8,13,26H,1-4,9-12H2,(H2,23,25)(H,24,29);3*1-2H3. The molecule has 9 nitrogen and oxygen atoms in total. The van der Waals surface area contributed by atoms with Crippen LogP contribution in [0.2, 0.25) is 5.02 Å². The Kier molecular flexibility index (Phi) is 15.3. The van der Waals surface area contributed by atoms with Gasteiger partial charge < -0.3 is 15.6 Å². The number of pyridine rings is 1. The summed E-state index contributed by atoms with van der Waals surface area (Å²) in [5, 5.41) is 1.52. The van der Waals surface area contributed by atoms with Crippen molar-refractivity contribution in [1.82, 2.24) is 14.9 Å². The third-order valence-corrected chi connectivity index (χ3v) is 5.74. The summed E-state index contributed by atoms with van der Waals surface area (Å²) in [4.78, 5) is 39.6. The molecule has 0 aliphatic carbocycles. The number of hydrogen-bond acceptors (Lipinski definition) is 6. The van der Waals surface area contributed by atoms with Crippen LogP contribution < -0.4 is 16.8 Å². The lowest BCUT2D eigenvalue weighted by Gasteiger charge is -2.28. The Morgan fingerprint density at radius 2 is 1.68 bits per heavy atom. The number of hydroxylamine groups is 2. The van der Waals surface area contributed by atoms with E-state index >= 15 is 0 Å². The van der Waals surface area contributed by atoms with E-state index in [2.05, 4.69) is 20.4 Å². The molecule has 1 aromatic heterocycles. The number of hydrogen-bond donors (Lipinski definition) is 3. The maximum Gasteiger partial charge on any atom is 0.281 e. The fraction of sp³-hybridized carbons (Fsp3) is 0.519. The number of anilines is 1. The second kappa shape index (κ2) is 17.6. The molecule has 37 heavy (non-hydrogen) atoms. The number of H-pyrrole nitrogens is 1. The molecule has 1 saturated heterocycles. The van der Waals surface area contributed by atoms with Gasteiger partial charge in [0.05, 0.1) is 28.5 Å². The molecule has 0 radical (unpaired) electrons. The van der Waals surface area contributed by atoms with Gasteiger partial charge in [0, 0.05) is 6.20 Å². The van der Waals surface area contributed by atoms with Crippen LogP contribution in [0.1, 0.15) is 83.1 Å². The average Bonchev–Trinajstić information content (AvgIpc) is 3.45. The summed E-state index contributed by atoms with van der Waals surface area (Å²) in [5.74, 6) is -0.279. The minimum Gasteiger partial charge on any atom is -0.383 e. The fourth-order valence-corrected chi connectivity index (χ4v) is 4.03. The third-order valence-electron chi connectivity index (χ3n) is 5.43. The number of carbonyl (C=O) groups is 1. The predicted molar refractivity (Wildman–Crippen MR) is 154 cm³/mol. The number of nitrogens with zero attached hydrogens (tertiary/aromatic N) is 3. The van der Waals surface area contributed by atoms with E-state index in [0.717, 1.165) is 19.4 Å². The number of amides is 1. The Balaban J connectivity index is 0.00000106. The Morgan fingerprint density at radius 1 is 1.03 bits per heavy atom. The van der Waals surface area contributed by atoms with Gasteiger partial charge in [-0.05, 0) is 69.6 Å². The molecule has 3 heterocycles. The van der Waals surface area contributed by atoms with Gasteiger partial charge in [0.25, 0.3) is 11.5 Å². The molecule has 1 fully saturated rings. The van der Waals surface area contributed by atoms with Gasteiger partial charge in [-0.1, -0.05) is 53.1 Å². The Labute approximate surface area is 226 Å². The SMILES string of the molecule is CC.CC.CC.NC(=Nc1ccc2c(c1)C(=O)N(CCCCN1CCCC1)ON2)c1c(Cl)cc[nH]c1=O. The minimum absolute atomic E-state index is 0.0296. The van der Waals surface area contributed by atoms with Crippen molar-refractivity contribution in [3.8, 4) is 0 Å². The van der Waals surface area contributed by atoms with Gasteiger partial charge in [0.2, 0.25) is 0 Å². The number of aliphatic imine (C=N–C) groups is 1. The number of rotatable bonds is 7. The molecule has 4 N–H and O–H groups in total. The smallest absolute Gasteiger partial charge is 0.281 e. The lowest BCUT2D eigenvalue weighted by atomic mass is 10.1. The topological polar surface area (TPSA) is 116 Å². The summed E-state index contributed by atoms with van der Waals surface area (Å²) in [7, 11) is 0. The van der Waals surface area contributed by atoms with Gasteiger partial charge in [-0.15, -0.1) is 0 Å². The normalized spacial score (nSPS) is 14.7. The summed E-state index contributed by atoms with van der Waals surface area (Å²) in [6, 6.07) is 6.50. The largest absolute Gasteiger partial charge is 0.383 e. The van der Waals surface area contributed by atoms with Crippen LogP contribution in [0.3, 0.4) is 0 Å². The van der Waals surface area contributed by atoms with Crippen molar-refractivity contribution in [2.24, 2.45) is 10.7 Å². The van der Waals surface area contributed by atoms with Crippen LogP contribution in [0.25, 0.3) is 0 Å². The molecule has 1 amide bonds. The minimum atomic E-state index is -0.432. The molecular weight excluding hydrogens is 492 g/mol. The van der Waals surface area contributed by atoms with Crippen molar-refractivity contribution in [2.75, 3.05) is 31.7 Å². The molecule has 2 aliphatic rings. The number of aromatic nitrogens is 1. The highest BCUT2D eigenvalue weighted by molar-refractivity contribution is 6.34. The van der Waals surface area contributed by atoms with Crippen LogP contribution in [-0.2, 0) is 4.94 Å². The van der Waals surface area contributed by atoms with Gasteiger partial charge in [0.15, 0.2) is 0 Å². The number of halogens is 1. The zero-order chi connectivity index (χ0) is 27.8. The van der Waals surface area contributed by atoms with Gasteiger partial charge in [0.1, 0.15) is 11.4 Å². The zero-order valence-electron chi connectivity index (χ0n) is 23.1. The summed E-state index contributed by atoms with van der Waals surface area (Å²) in [6.45, 7) is 15.9. The number of carbonyl (C=O) groups excluding carboxylic acids is 1. The average molecular weight is 535 g/mol. The Morgan fingerprint density at radius 3 is 2.32 bits per heavy atom. The van der Waals surface area contributed by atoms with E-state index in [1.165, 1.54) is 43.3 Å². The van der Waals surface area contributed by atoms with Gasteiger partial charge in [-0.25, -0.2) is 10.5 Å². The summed E-state index contributed by atoms with van der Waals surface area (Å²) >= 11 is 6.08. The van der Waals surface area contributed by atoms with Crippen molar-refractivity contribution < 1.29 is 9.73 Å². The summed E-state index contributed by atoms with van der Waals surface area (Å²) in [5.41, 5.74) is 9.86. The summed E-state index contributed by atoms with van der Waals surface area (Å²) < 4.78 is 0. The number of fused-ring (bicyclic) bond motifs is 1. The highest BCUT2D eigenvalue weighted by Gasteiger charge is 2.26. The first-order valence-electron chi connectivity index (χ1n) is 13.4. The Bertz CT molecular complexity index is 1050. The quantitative estimate of drug-likeness (QED) is 0.237. The van der Waals surface area contributed by atoms with Crippen LogP contribution in [0, 0.1) is 0 Å². The predicted octanol–water partition coefficient (Wildman–Crippen LogP) is 5.73. The van der Waals surface area contributed by atoms with E-state index in [1.54, 1.807) is 18.2 Å². The van der Waals surface area contributed by atoms with Crippen LogP contribution in [-0.4, -0.2) is 52.9 Å². The number of aromatic amines is 1. The van der Waals surface area contributed by atoms with Crippen molar-refractivity contribution in [2.45, 2.75) is 67.2 Å². The van der Waals surface area contributed by atoms with Crippen LogP contribution in [0.5, 0.6) is 0 Å². The maximum absolute atomic E-state index is 12.9. The highest BCUT2D eigenvalue weighted by Crippen LogP contribution is 2.28. The second-order valence-electron chi connectivity index (χ2n) is 7.61. The van der Waals surface area contributed by atoms with Crippen molar-refractivity contribution in [3.05, 3.63) is 57.0 Å². The molecule has 2 aliphatic heterocycles. The van der Waals surface area contributed by atoms with Crippen LogP contribution in [0.15, 0.2) is 40.2 Å². The number of nitrogens with one attached hydrogen (secondary N) is 2. The molecule has 0 bridgehead atoms. The van der Waals surface area contributed by atoms with Crippen molar-refractivity contribution >= 4 is 34.7 Å². The Hall–Kier alpha value is -2.88. The van der Waals surface area contributed by atoms with Gasteiger partial charge >= 0.3 is 0 Å². The van der Waals surface area contributed by atoms with Gasteiger partial charge in [-0.3, -0.25) is 9.59 Å². The number of likely N-dealkylation sites (tertiary alicyclic amines) is 1. The number of nitrogens with two attached hydrogens (primary N) is 1. The fourth-order valence-electron chi connectivity index (χ4n) is 3.78. The molecular formula is C27H43ClN6O3. The summed E-state index contributed by atoms with van der Waals surface area (Å²) in [6.07, 6.45) is 5.83. The molecule has 0 unspecified atom stereocenters. The highest BCUT2D eigenvalue weighted by atomic mass is 35.5. The molecule has 2 aromatic rings. The van der Waals surface area contributed by atoms with E-state index in [9.17, 15) is 9.59 Å². The monoisotopic (exact) mass is 534 g/mol. The van der Waals surface area contributed by atoms with E-state index in [-0.39, 0.29) is 22.3 Å². The second-order valence-corrected chi connectivity index (χ2v) is 8.02. The van der Waals surface area contributed by atoms with E-state index in [1.807, 2.05) is 41.5 Å². The number of amidine groups is 1. The molecule has 1 aromatic carbocycles. The molecule has 206 valence electrons. The van der Waals surface area contributed by atoms with Gasteiger partial charge in [-0.2, -0.15) is 10.0 Å². The molecule has 0 saturated carbocycles. The molecule has 0 atom stereocenters. The van der Waals surface area contributed by atoms with Crippen molar-refractivity contribution in [1.29, 1.82) is 0 Å². The number of unbranched alkanes of at least 4 members (excludes halogenated alkanes) is 1. The maximum atomic E-state index is 12.9. The third kappa shape index (κ3) is 9.18. The molecule has 10 heteroatoms.